The van der Waals surface area contributed by atoms with Crippen LogP contribution in [0.15, 0.2) is 18.2 Å². The van der Waals surface area contributed by atoms with Crippen LogP contribution in [0.2, 0.25) is 0 Å². The van der Waals surface area contributed by atoms with E-state index < -0.39 is 36.2 Å². The van der Waals surface area contributed by atoms with Crippen molar-refractivity contribution in [1.82, 2.24) is 0 Å². The summed E-state index contributed by atoms with van der Waals surface area (Å²) in [6.45, 7) is 1.48. The summed E-state index contributed by atoms with van der Waals surface area (Å²) in [6, 6.07) is 1.51. The van der Waals surface area contributed by atoms with E-state index in [1.807, 2.05) is 0 Å². The summed E-state index contributed by atoms with van der Waals surface area (Å²) in [5, 5.41) is 0. The quantitative estimate of drug-likeness (QED) is 0.627. The molecule has 0 aliphatic carbocycles. The summed E-state index contributed by atoms with van der Waals surface area (Å²) < 4.78 is 82.2. The van der Waals surface area contributed by atoms with Crippen LogP contribution in [0.4, 0.5) is 26.3 Å². The number of esters is 1. The summed E-state index contributed by atoms with van der Waals surface area (Å²) in [4.78, 5) is 11.2. The third-order valence-corrected chi connectivity index (χ3v) is 2.26. The van der Waals surface area contributed by atoms with Gasteiger partial charge in [-0.1, -0.05) is 6.07 Å². The van der Waals surface area contributed by atoms with Gasteiger partial charge >= 0.3 is 18.5 Å². The first-order chi connectivity index (χ1) is 9.53. The summed E-state index contributed by atoms with van der Waals surface area (Å²) in [5.41, 5.74) is -1.66. The van der Waals surface area contributed by atoms with Gasteiger partial charge in [-0.2, -0.15) is 13.2 Å². The van der Waals surface area contributed by atoms with Crippen LogP contribution in [0.1, 0.15) is 18.1 Å². The van der Waals surface area contributed by atoms with E-state index in [9.17, 15) is 31.1 Å². The molecule has 0 heterocycles. The molecule has 0 atom stereocenters. The normalized spacial score (nSPS) is 12.1. The van der Waals surface area contributed by atoms with Crippen LogP contribution in [0.3, 0.4) is 0 Å². The minimum atomic E-state index is -5.17. The second kappa shape index (κ2) is 6.23. The molecule has 0 spiro atoms. The van der Waals surface area contributed by atoms with Crippen molar-refractivity contribution < 1.29 is 40.6 Å². The molecular weight excluding hydrogens is 306 g/mol. The van der Waals surface area contributed by atoms with E-state index in [4.69, 9.17) is 0 Å². The Hall–Kier alpha value is -1.93. The zero-order chi connectivity index (χ0) is 16.3. The molecule has 1 rings (SSSR count). The molecule has 0 aliphatic heterocycles. The summed E-state index contributed by atoms with van der Waals surface area (Å²) >= 11 is 0. The van der Waals surface area contributed by atoms with Crippen molar-refractivity contribution in [3.63, 3.8) is 0 Å². The van der Waals surface area contributed by atoms with Crippen LogP contribution in [-0.2, 0) is 22.1 Å². The maximum atomic E-state index is 12.5. The Labute approximate surface area is 115 Å². The van der Waals surface area contributed by atoms with Gasteiger partial charge in [0.1, 0.15) is 5.75 Å². The molecule has 0 radical (unpaired) electrons. The Balaban J connectivity index is 3.14. The standard InChI is InChI=1S/C12H10F6O3/c1-2-20-10(19)5-7-3-4-8(11(13,14)15)6-9(7)21-12(16,17)18/h3-4,6H,2,5H2,1H3. The number of hydrogen-bond donors (Lipinski definition) is 0. The fourth-order valence-electron chi connectivity index (χ4n) is 1.46. The average molecular weight is 316 g/mol. The molecular formula is C12H10F6O3. The zero-order valence-corrected chi connectivity index (χ0v) is 10.6. The zero-order valence-electron chi connectivity index (χ0n) is 10.6. The van der Waals surface area contributed by atoms with Crippen molar-refractivity contribution in [3.05, 3.63) is 29.3 Å². The topological polar surface area (TPSA) is 35.5 Å². The number of hydrogen-bond acceptors (Lipinski definition) is 3. The van der Waals surface area contributed by atoms with Crippen LogP contribution >= 0.6 is 0 Å². The summed E-state index contributed by atoms with van der Waals surface area (Å²) in [5.74, 6) is -1.95. The minimum absolute atomic E-state index is 0.00503. The highest BCUT2D eigenvalue weighted by atomic mass is 19.4. The van der Waals surface area contributed by atoms with Gasteiger partial charge in [-0.3, -0.25) is 4.79 Å². The van der Waals surface area contributed by atoms with E-state index in [1.165, 1.54) is 6.92 Å². The van der Waals surface area contributed by atoms with Gasteiger partial charge in [0.15, 0.2) is 0 Å². The number of ether oxygens (including phenoxy) is 2. The summed E-state index contributed by atoms with van der Waals surface area (Å²) in [6.07, 6.45) is -10.6. The van der Waals surface area contributed by atoms with Crippen molar-refractivity contribution >= 4 is 5.97 Å². The van der Waals surface area contributed by atoms with Crippen LogP contribution in [0.25, 0.3) is 0 Å². The monoisotopic (exact) mass is 316 g/mol. The fourth-order valence-corrected chi connectivity index (χ4v) is 1.46. The molecule has 0 saturated heterocycles. The van der Waals surface area contributed by atoms with Gasteiger partial charge in [0.05, 0.1) is 18.6 Å². The van der Waals surface area contributed by atoms with Gasteiger partial charge in [0.2, 0.25) is 0 Å². The molecule has 0 fully saturated rings. The minimum Gasteiger partial charge on any atom is -0.466 e. The Morgan fingerprint density at radius 2 is 1.76 bits per heavy atom. The third kappa shape index (κ3) is 5.52. The van der Waals surface area contributed by atoms with Crippen LogP contribution < -0.4 is 4.74 Å². The lowest BCUT2D eigenvalue weighted by molar-refractivity contribution is -0.275. The summed E-state index contributed by atoms with van der Waals surface area (Å²) in [7, 11) is 0. The van der Waals surface area contributed by atoms with Crippen molar-refractivity contribution in [2.75, 3.05) is 6.61 Å². The lowest BCUT2D eigenvalue weighted by Crippen LogP contribution is -2.20. The first-order valence-electron chi connectivity index (χ1n) is 5.64. The van der Waals surface area contributed by atoms with E-state index in [0.29, 0.717) is 6.07 Å². The number of benzene rings is 1. The molecule has 0 N–H and O–H groups in total. The van der Waals surface area contributed by atoms with E-state index in [0.717, 1.165) is 6.07 Å². The van der Waals surface area contributed by atoms with Crippen molar-refractivity contribution in [3.8, 4) is 5.75 Å². The molecule has 3 nitrogen and oxygen atoms in total. The fraction of sp³-hybridized carbons (Fsp3) is 0.417. The molecule has 21 heavy (non-hydrogen) atoms. The maximum absolute atomic E-state index is 12.5. The number of carbonyl (C=O) groups is 1. The molecule has 0 unspecified atom stereocenters. The van der Waals surface area contributed by atoms with Gasteiger partial charge in [0, 0.05) is 5.56 Å². The smallest absolute Gasteiger partial charge is 0.466 e. The Kier molecular flexibility index (Phi) is 5.08. The van der Waals surface area contributed by atoms with Crippen molar-refractivity contribution in [1.29, 1.82) is 0 Å². The molecule has 1 aromatic rings. The predicted molar refractivity (Wildman–Crippen MR) is 58.5 cm³/mol. The van der Waals surface area contributed by atoms with Gasteiger partial charge < -0.3 is 9.47 Å². The van der Waals surface area contributed by atoms with Crippen LogP contribution in [-0.4, -0.2) is 18.9 Å². The first kappa shape index (κ1) is 17.1. The van der Waals surface area contributed by atoms with Gasteiger partial charge in [-0.15, -0.1) is 13.2 Å². The third-order valence-electron chi connectivity index (χ3n) is 2.26. The Morgan fingerprint density at radius 3 is 2.24 bits per heavy atom. The van der Waals surface area contributed by atoms with Crippen LogP contribution in [0, 0.1) is 0 Å². The first-order valence-corrected chi connectivity index (χ1v) is 5.64. The number of alkyl halides is 6. The molecule has 0 aliphatic rings. The molecule has 0 amide bonds. The second-order valence-corrected chi connectivity index (χ2v) is 3.85. The van der Waals surface area contributed by atoms with E-state index in [1.54, 1.807) is 0 Å². The second-order valence-electron chi connectivity index (χ2n) is 3.85. The van der Waals surface area contributed by atoms with E-state index >= 15 is 0 Å². The number of carbonyl (C=O) groups excluding carboxylic acids is 1. The van der Waals surface area contributed by atoms with Crippen molar-refractivity contribution in [2.45, 2.75) is 25.9 Å². The van der Waals surface area contributed by atoms with Crippen LogP contribution in [0.5, 0.6) is 5.75 Å². The molecule has 1 aromatic carbocycles. The van der Waals surface area contributed by atoms with Crippen molar-refractivity contribution in [2.24, 2.45) is 0 Å². The Bertz CT molecular complexity index is 507. The SMILES string of the molecule is CCOC(=O)Cc1ccc(C(F)(F)F)cc1OC(F)(F)F. The van der Waals surface area contributed by atoms with E-state index in [-0.39, 0.29) is 18.2 Å². The number of halogens is 6. The van der Waals surface area contributed by atoms with Gasteiger partial charge in [-0.25, -0.2) is 0 Å². The highest BCUT2D eigenvalue weighted by Gasteiger charge is 2.35. The molecule has 9 heteroatoms. The highest BCUT2D eigenvalue weighted by Crippen LogP contribution is 2.35. The predicted octanol–water partition coefficient (Wildman–Crippen LogP) is 3.71. The van der Waals surface area contributed by atoms with Gasteiger partial charge in [-0.05, 0) is 19.1 Å². The molecule has 118 valence electrons. The average Bonchev–Trinajstić information content (AvgIpc) is 2.28. The number of rotatable bonds is 4. The largest absolute Gasteiger partial charge is 0.573 e. The maximum Gasteiger partial charge on any atom is 0.573 e. The molecule has 0 bridgehead atoms. The highest BCUT2D eigenvalue weighted by molar-refractivity contribution is 5.73. The van der Waals surface area contributed by atoms with E-state index in [2.05, 4.69) is 9.47 Å². The lowest BCUT2D eigenvalue weighted by Gasteiger charge is -2.15. The lowest BCUT2D eigenvalue weighted by atomic mass is 10.1. The molecule has 0 aromatic heterocycles. The molecule has 0 saturated carbocycles. The Morgan fingerprint density at radius 1 is 1.14 bits per heavy atom. The van der Waals surface area contributed by atoms with Gasteiger partial charge in [0.25, 0.3) is 0 Å².